The van der Waals surface area contributed by atoms with Crippen LogP contribution in [0.5, 0.6) is 5.75 Å². The summed E-state index contributed by atoms with van der Waals surface area (Å²) < 4.78 is 41.6. The molecule has 1 aromatic heterocycles. The van der Waals surface area contributed by atoms with Gasteiger partial charge < -0.3 is 14.4 Å². The normalized spacial score (nSPS) is 11.6. The molecule has 1 heterocycles. The van der Waals surface area contributed by atoms with Crippen molar-refractivity contribution in [1.82, 2.24) is 4.57 Å². The van der Waals surface area contributed by atoms with Crippen LogP contribution in [0.25, 0.3) is 0 Å². The van der Waals surface area contributed by atoms with Gasteiger partial charge in [-0.3, -0.25) is 0 Å². The number of hydrogen-bond acceptors (Lipinski definition) is 2. The zero-order chi connectivity index (χ0) is 13.9. The molecule has 0 spiro atoms. The van der Waals surface area contributed by atoms with Gasteiger partial charge in [0.05, 0.1) is 6.61 Å². The number of alkyl halides is 3. The molecular weight excluding hydrogens is 259 g/mol. The number of benzene rings is 1. The average molecular weight is 271 g/mol. The molecule has 3 nitrogen and oxygen atoms in total. The molecule has 0 saturated carbocycles. The lowest BCUT2D eigenvalue weighted by molar-refractivity contribution is -0.274. The van der Waals surface area contributed by atoms with Gasteiger partial charge in [-0.1, -0.05) is 12.1 Å². The lowest BCUT2D eigenvalue weighted by atomic mass is 10.2. The van der Waals surface area contributed by atoms with Gasteiger partial charge in [-0.25, -0.2) is 0 Å². The van der Waals surface area contributed by atoms with Crippen LogP contribution in [0.3, 0.4) is 0 Å². The molecule has 0 aliphatic rings. The maximum absolute atomic E-state index is 12.0. The lowest BCUT2D eigenvalue weighted by Crippen LogP contribution is -2.17. The summed E-state index contributed by atoms with van der Waals surface area (Å²) in [5.41, 5.74) is 1.57. The molecule has 0 fully saturated rings. The molecule has 0 aliphatic heterocycles. The SMILES string of the molecule is OCc1cccn1Cc1ccc(OC(F)(F)F)cc1. The van der Waals surface area contributed by atoms with E-state index in [4.69, 9.17) is 5.11 Å². The topological polar surface area (TPSA) is 34.4 Å². The molecule has 0 amide bonds. The van der Waals surface area contributed by atoms with Gasteiger partial charge in [-0.2, -0.15) is 0 Å². The van der Waals surface area contributed by atoms with Crippen molar-refractivity contribution in [3.05, 3.63) is 53.9 Å². The van der Waals surface area contributed by atoms with Gasteiger partial charge in [0, 0.05) is 18.4 Å². The summed E-state index contributed by atoms with van der Waals surface area (Å²) >= 11 is 0. The van der Waals surface area contributed by atoms with Crippen molar-refractivity contribution < 1.29 is 23.0 Å². The Balaban J connectivity index is 2.07. The number of halogens is 3. The van der Waals surface area contributed by atoms with Crippen molar-refractivity contribution in [1.29, 1.82) is 0 Å². The van der Waals surface area contributed by atoms with Crippen LogP contribution in [0.4, 0.5) is 13.2 Å². The van der Waals surface area contributed by atoms with E-state index >= 15 is 0 Å². The van der Waals surface area contributed by atoms with Crippen molar-refractivity contribution in [2.75, 3.05) is 0 Å². The molecule has 0 saturated heterocycles. The second-order valence-corrected chi connectivity index (χ2v) is 3.98. The van der Waals surface area contributed by atoms with Gasteiger partial charge >= 0.3 is 6.36 Å². The van der Waals surface area contributed by atoms with E-state index in [1.807, 2.05) is 4.57 Å². The largest absolute Gasteiger partial charge is 0.573 e. The van der Waals surface area contributed by atoms with E-state index in [1.165, 1.54) is 12.1 Å². The van der Waals surface area contributed by atoms with Crippen molar-refractivity contribution >= 4 is 0 Å². The molecule has 0 radical (unpaired) electrons. The number of aliphatic hydroxyl groups excluding tert-OH is 1. The van der Waals surface area contributed by atoms with E-state index in [0.717, 1.165) is 11.3 Å². The molecule has 2 rings (SSSR count). The second-order valence-electron chi connectivity index (χ2n) is 3.98. The van der Waals surface area contributed by atoms with Crippen LogP contribution in [-0.2, 0) is 13.2 Å². The van der Waals surface area contributed by atoms with E-state index in [0.29, 0.717) is 6.54 Å². The summed E-state index contributed by atoms with van der Waals surface area (Å²) in [5.74, 6) is -0.244. The van der Waals surface area contributed by atoms with Gasteiger partial charge in [0.2, 0.25) is 0 Å². The van der Waals surface area contributed by atoms with Crippen LogP contribution in [0.2, 0.25) is 0 Å². The average Bonchev–Trinajstić information content (AvgIpc) is 2.77. The summed E-state index contributed by atoms with van der Waals surface area (Å²) in [7, 11) is 0. The van der Waals surface area contributed by atoms with Gasteiger partial charge in [0.15, 0.2) is 0 Å². The van der Waals surface area contributed by atoms with Crippen LogP contribution in [0.1, 0.15) is 11.3 Å². The quantitative estimate of drug-likeness (QED) is 0.927. The van der Waals surface area contributed by atoms with E-state index in [-0.39, 0.29) is 12.4 Å². The fourth-order valence-electron chi connectivity index (χ4n) is 1.74. The highest BCUT2D eigenvalue weighted by Gasteiger charge is 2.30. The van der Waals surface area contributed by atoms with Crippen molar-refractivity contribution in [2.45, 2.75) is 19.5 Å². The summed E-state index contributed by atoms with van der Waals surface area (Å²) in [4.78, 5) is 0. The number of aliphatic hydroxyl groups is 1. The highest BCUT2D eigenvalue weighted by Crippen LogP contribution is 2.23. The molecule has 2 aromatic rings. The standard InChI is InChI=1S/C13H12F3NO2/c14-13(15,16)19-12-5-3-10(4-6-12)8-17-7-1-2-11(17)9-18/h1-7,18H,8-9H2. The van der Waals surface area contributed by atoms with E-state index < -0.39 is 6.36 Å². The number of aromatic nitrogens is 1. The predicted octanol–water partition coefficient (Wildman–Crippen LogP) is 2.93. The fourth-order valence-corrected chi connectivity index (χ4v) is 1.74. The third kappa shape index (κ3) is 3.75. The first-order valence-electron chi connectivity index (χ1n) is 5.57. The Bertz CT molecular complexity index is 532. The summed E-state index contributed by atoms with van der Waals surface area (Å²) in [6.45, 7) is 0.400. The smallest absolute Gasteiger partial charge is 0.406 e. The number of hydrogen-bond donors (Lipinski definition) is 1. The molecule has 0 unspecified atom stereocenters. The fraction of sp³-hybridized carbons (Fsp3) is 0.231. The van der Waals surface area contributed by atoms with Crippen LogP contribution in [0, 0.1) is 0 Å². The molecule has 1 aromatic carbocycles. The molecule has 6 heteroatoms. The molecule has 0 bridgehead atoms. The third-order valence-electron chi connectivity index (χ3n) is 2.60. The number of nitrogens with zero attached hydrogens (tertiary/aromatic N) is 1. The Labute approximate surface area is 107 Å². The molecule has 0 aliphatic carbocycles. The maximum atomic E-state index is 12.0. The van der Waals surface area contributed by atoms with Crippen LogP contribution >= 0.6 is 0 Å². The second kappa shape index (κ2) is 5.36. The third-order valence-corrected chi connectivity index (χ3v) is 2.60. The van der Waals surface area contributed by atoms with Gasteiger partial charge in [-0.05, 0) is 29.8 Å². The maximum Gasteiger partial charge on any atom is 0.573 e. The van der Waals surface area contributed by atoms with Crippen molar-refractivity contribution in [3.63, 3.8) is 0 Å². The van der Waals surface area contributed by atoms with Gasteiger partial charge in [0.1, 0.15) is 5.75 Å². The van der Waals surface area contributed by atoms with Crippen LogP contribution < -0.4 is 4.74 Å². The Morgan fingerprint density at radius 3 is 2.37 bits per heavy atom. The number of ether oxygens (including phenoxy) is 1. The number of rotatable bonds is 4. The molecular formula is C13H12F3NO2. The van der Waals surface area contributed by atoms with Crippen LogP contribution in [-0.4, -0.2) is 16.0 Å². The first kappa shape index (κ1) is 13.5. The van der Waals surface area contributed by atoms with Crippen LogP contribution in [0.15, 0.2) is 42.6 Å². The molecule has 1 N–H and O–H groups in total. The summed E-state index contributed by atoms with van der Waals surface area (Å²) in [5, 5.41) is 9.09. The minimum Gasteiger partial charge on any atom is -0.406 e. The zero-order valence-corrected chi connectivity index (χ0v) is 9.89. The monoisotopic (exact) mass is 271 g/mol. The molecule has 19 heavy (non-hydrogen) atoms. The Hall–Kier alpha value is -1.95. The van der Waals surface area contributed by atoms with E-state index in [1.54, 1.807) is 30.5 Å². The molecule has 102 valence electrons. The first-order chi connectivity index (χ1) is 8.98. The summed E-state index contributed by atoms with van der Waals surface area (Å²) in [6.07, 6.45) is -2.88. The minimum absolute atomic E-state index is 0.0811. The lowest BCUT2D eigenvalue weighted by Gasteiger charge is -2.10. The van der Waals surface area contributed by atoms with E-state index in [9.17, 15) is 13.2 Å². The Morgan fingerprint density at radius 2 is 1.79 bits per heavy atom. The van der Waals surface area contributed by atoms with Crippen molar-refractivity contribution in [3.8, 4) is 5.75 Å². The summed E-state index contributed by atoms with van der Waals surface area (Å²) in [6, 6.07) is 9.23. The Kier molecular flexibility index (Phi) is 3.80. The predicted molar refractivity (Wildman–Crippen MR) is 62.6 cm³/mol. The highest BCUT2D eigenvalue weighted by molar-refractivity contribution is 5.28. The Morgan fingerprint density at radius 1 is 1.11 bits per heavy atom. The zero-order valence-electron chi connectivity index (χ0n) is 9.89. The van der Waals surface area contributed by atoms with Gasteiger partial charge in [0.25, 0.3) is 0 Å². The van der Waals surface area contributed by atoms with Crippen molar-refractivity contribution in [2.24, 2.45) is 0 Å². The highest BCUT2D eigenvalue weighted by atomic mass is 19.4. The minimum atomic E-state index is -4.67. The van der Waals surface area contributed by atoms with Gasteiger partial charge in [-0.15, -0.1) is 13.2 Å². The molecule has 0 atom stereocenters. The van der Waals surface area contributed by atoms with E-state index in [2.05, 4.69) is 4.74 Å². The first-order valence-corrected chi connectivity index (χ1v) is 5.57.